The van der Waals surface area contributed by atoms with Crippen molar-refractivity contribution in [3.05, 3.63) is 55.3 Å². The molecule has 2 amide bonds. The number of nitrogens with zero attached hydrogens (tertiary/aromatic N) is 2. The smallest absolute Gasteiger partial charge is 0.274 e. The number of nitrogens with one attached hydrogen (secondary N) is 2. The van der Waals surface area contributed by atoms with Gasteiger partial charge in [-0.05, 0) is 57.2 Å². The van der Waals surface area contributed by atoms with Gasteiger partial charge in [-0.25, -0.2) is 5.43 Å². The fraction of sp³-hybridized carbons (Fsp3) is 0.318. The Morgan fingerprint density at radius 1 is 1.06 bits per heavy atom. The molecule has 3 aromatic rings. The molecule has 0 saturated heterocycles. The van der Waals surface area contributed by atoms with Gasteiger partial charge in [-0.2, -0.15) is 5.10 Å². The minimum Gasteiger partial charge on any atom is -0.312 e. The zero-order valence-electron chi connectivity index (χ0n) is 17.7. The van der Waals surface area contributed by atoms with Crippen LogP contribution in [0.3, 0.4) is 0 Å². The minimum absolute atomic E-state index is 0.0185. The number of amides is 2. The molecule has 0 atom stereocenters. The Morgan fingerprint density at radius 3 is 2.59 bits per heavy atom. The van der Waals surface area contributed by atoms with Crippen LogP contribution in [-0.2, 0) is 12.8 Å². The molecule has 1 aliphatic rings. The number of thiophene rings is 2. The number of benzene rings is 1. The van der Waals surface area contributed by atoms with Gasteiger partial charge in [0.05, 0.1) is 15.4 Å². The van der Waals surface area contributed by atoms with Crippen LogP contribution in [0.5, 0.6) is 0 Å². The largest absolute Gasteiger partial charge is 0.312 e. The second-order valence-electron chi connectivity index (χ2n) is 7.81. The SMILES string of the molecule is CC(C)=NNC(=O)c1c(NC(=O)c2cc3cc([N+](=O)[O-])ccc3s2)sc2c1CCCCC2. The van der Waals surface area contributed by atoms with Gasteiger partial charge >= 0.3 is 0 Å². The van der Waals surface area contributed by atoms with Gasteiger partial charge in [-0.1, -0.05) is 6.42 Å². The van der Waals surface area contributed by atoms with Gasteiger partial charge in [-0.15, -0.1) is 22.7 Å². The number of fused-ring (bicyclic) bond motifs is 2. The van der Waals surface area contributed by atoms with Crippen molar-refractivity contribution in [3.8, 4) is 0 Å². The van der Waals surface area contributed by atoms with Gasteiger partial charge in [-0.3, -0.25) is 19.7 Å². The van der Waals surface area contributed by atoms with Gasteiger partial charge in [0.15, 0.2) is 0 Å². The van der Waals surface area contributed by atoms with Crippen molar-refractivity contribution < 1.29 is 14.5 Å². The number of hydrogen-bond acceptors (Lipinski definition) is 7. The zero-order chi connectivity index (χ0) is 22.8. The summed E-state index contributed by atoms with van der Waals surface area (Å²) in [4.78, 5) is 38.1. The number of anilines is 1. The molecule has 2 N–H and O–H groups in total. The molecule has 2 heterocycles. The van der Waals surface area contributed by atoms with Crippen LogP contribution in [0.4, 0.5) is 10.7 Å². The van der Waals surface area contributed by atoms with E-state index >= 15 is 0 Å². The van der Waals surface area contributed by atoms with Crippen molar-refractivity contribution in [3.63, 3.8) is 0 Å². The van der Waals surface area contributed by atoms with Gasteiger partial charge < -0.3 is 5.32 Å². The first kappa shape index (κ1) is 22.1. The highest BCUT2D eigenvalue weighted by atomic mass is 32.1. The molecule has 166 valence electrons. The van der Waals surface area contributed by atoms with Gasteiger partial charge in [0.1, 0.15) is 5.00 Å². The van der Waals surface area contributed by atoms with E-state index in [4.69, 9.17) is 0 Å². The number of aryl methyl sites for hydroxylation is 1. The van der Waals surface area contributed by atoms with Crippen LogP contribution in [-0.4, -0.2) is 22.4 Å². The van der Waals surface area contributed by atoms with Crippen molar-refractivity contribution in [2.45, 2.75) is 46.0 Å². The molecule has 0 fully saturated rings. The van der Waals surface area contributed by atoms with E-state index in [1.807, 2.05) is 0 Å². The standard InChI is InChI=1S/C22H22N4O4S2/c1-12(2)24-25-21(28)19-15-6-4-3-5-7-17(15)32-22(19)23-20(27)18-11-13-10-14(26(29)30)8-9-16(13)31-18/h8-11H,3-7H2,1-2H3,(H,23,27)(H,25,28). The maximum absolute atomic E-state index is 13.0. The summed E-state index contributed by atoms with van der Waals surface area (Å²) in [7, 11) is 0. The van der Waals surface area contributed by atoms with Crippen molar-refractivity contribution in [2.24, 2.45) is 5.10 Å². The first-order valence-corrected chi connectivity index (χ1v) is 11.9. The van der Waals surface area contributed by atoms with E-state index < -0.39 is 4.92 Å². The molecule has 8 nitrogen and oxygen atoms in total. The predicted molar refractivity (Wildman–Crippen MR) is 128 cm³/mol. The highest BCUT2D eigenvalue weighted by Crippen LogP contribution is 2.38. The van der Waals surface area contributed by atoms with Crippen LogP contribution in [0.1, 0.15) is 63.6 Å². The summed E-state index contributed by atoms with van der Waals surface area (Å²) < 4.78 is 0.786. The molecule has 2 aromatic heterocycles. The lowest BCUT2D eigenvalue weighted by Gasteiger charge is -2.07. The van der Waals surface area contributed by atoms with Crippen LogP contribution in [0, 0.1) is 10.1 Å². The Hall–Kier alpha value is -3.11. The molecule has 0 bridgehead atoms. The van der Waals surface area contributed by atoms with Crippen molar-refractivity contribution in [1.29, 1.82) is 0 Å². The van der Waals surface area contributed by atoms with Crippen LogP contribution >= 0.6 is 22.7 Å². The number of carbonyl (C=O) groups is 2. The summed E-state index contributed by atoms with van der Waals surface area (Å²) in [5, 5.41) is 19.1. The number of non-ortho nitro benzene ring substituents is 1. The molecule has 0 radical (unpaired) electrons. The zero-order valence-corrected chi connectivity index (χ0v) is 19.3. The van der Waals surface area contributed by atoms with Crippen molar-refractivity contribution >= 4 is 61.0 Å². The lowest BCUT2D eigenvalue weighted by Crippen LogP contribution is -2.22. The van der Waals surface area contributed by atoms with Crippen LogP contribution in [0.15, 0.2) is 29.4 Å². The fourth-order valence-corrected chi connectivity index (χ4v) is 5.93. The highest BCUT2D eigenvalue weighted by molar-refractivity contribution is 7.21. The van der Waals surface area contributed by atoms with Gasteiger partial charge in [0.2, 0.25) is 0 Å². The molecule has 32 heavy (non-hydrogen) atoms. The van der Waals surface area contributed by atoms with E-state index in [0.717, 1.165) is 53.0 Å². The Balaban J connectivity index is 1.66. The van der Waals surface area contributed by atoms with Gasteiger partial charge in [0.25, 0.3) is 17.5 Å². The average Bonchev–Trinajstić information content (AvgIpc) is 3.25. The quantitative estimate of drug-likeness (QED) is 0.221. The average molecular weight is 471 g/mol. The summed E-state index contributed by atoms with van der Waals surface area (Å²) in [6, 6.07) is 6.17. The molecular formula is C22H22N4O4S2. The Labute approximate surface area is 192 Å². The summed E-state index contributed by atoms with van der Waals surface area (Å²) in [6.07, 6.45) is 4.86. The summed E-state index contributed by atoms with van der Waals surface area (Å²) in [5.74, 6) is -0.664. The van der Waals surface area contributed by atoms with Gasteiger partial charge in [0, 0.05) is 32.8 Å². The van der Waals surface area contributed by atoms with Crippen molar-refractivity contribution in [2.75, 3.05) is 5.32 Å². The number of hydrazone groups is 1. The number of rotatable bonds is 5. The Bertz CT molecular complexity index is 1250. The number of nitro groups is 1. The van der Waals surface area contributed by atoms with E-state index in [-0.39, 0.29) is 17.5 Å². The monoisotopic (exact) mass is 470 g/mol. The molecule has 1 aliphatic carbocycles. The maximum Gasteiger partial charge on any atom is 0.274 e. The molecular weight excluding hydrogens is 448 g/mol. The number of carbonyl (C=O) groups excluding carboxylic acids is 2. The van der Waals surface area contributed by atoms with E-state index in [9.17, 15) is 19.7 Å². The summed E-state index contributed by atoms with van der Waals surface area (Å²) in [6.45, 7) is 3.59. The van der Waals surface area contributed by atoms with Crippen molar-refractivity contribution in [1.82, 2.24) is 5.43 Å². The van der Waals surface area contributed by atoms with E-state index in [2.05, 4.69) is 15.8 Å². The van der Waals surface area contributed by atoms with Crippen LogP contribution < -0.4 is 10.7 Å². The predicted octanol–water partition coefficient (Wildman–Crippen LogP) is 5.52. The molecule has 10 heteroatoms. The Kier molecular flexibility index (Phi) is 6.33. The number of nitro benzene ring substituents is 1. The second kappa shape index (κ2) is 9.17. The van der Waals surface area contributed by atoms with Crippen LogP contribution in [0.25, 0.3) is 10.1 Å². The third-order valence-corrected chi connectivity index (χ3v) is 7.51. The molecule has 1 aromatic carbocycles. The topological polar surface area (TPSA) is 114 Å². The fourth-order valence-electron chi connectivity index (χ4n) is 3.71. The summed E-state index contributed by atoms with van der Waals surface area (Å²) in [5.41, 5.74) is 4.78. The number of hydrogen-bond donors (Lipinski definition) is 2. The van der Waals surface area contributed by atoms with E-state index in [1.165, 1.54) is 34.8 Å². The van der Waals surface area contributed by atoms with Crippen LogP contribution in [0.2, 0.25) is 0 Å². The first-order valence-electron chi connectivity index (χ1n) is 10.3. The normalized spacial score (nSPS) is 13.2. The molecule has 0 spiro atoms. The highest BCUT2D eigenvalue weighted by Gasteiger charge is 2.26. The van der Waals surface area contributed by atoms with E-state index in [1.54, 1.807) is 26.0 Å². The third kappa shape index (κ3) is 4.56. The lowest BCUT2D eigenvalue weighted by molar-refractivity contribution is -0.384. The maximum atomic E-state index is 13.0. The second-order valence-corrected chi connectivity index (χ2v) is 10.0. The molecule has 4 rings (SSSR count). The minimum atomic E-state index is -0.457. The molecule has 0 unspecified atom stereocenters. The summed E-state index contributed by atoms with van der Waals surface area (Å²) >= 11 is 2.71. The Morgan fingerprint density at radius 2 is 1.84 bits per heavy atom. The lowest BCUT2D eigenvalue weighted by atomic mass is 10.1. The molecule has 0 aliphatic heterocycles. The first-order chi connectivity index (χ1) is 15.3. The molecule has 0 saturated carbocycles. The third-order valence-electron chi connectivity index (χ3n) is 5.19. The van der Waals surface area contributed by atoms with E-state index in [0.29, 0.717) is 20.8 Å².